The summed E-state index contributed by atoms with van der Waals surface area (Å²) in [6.07, 6.45) is 0. The van der Waals surface area contributed by atoms with Crippen LogP contribution in [0.2, 0.25) is 0 Å². The fourth-order valence-electron chi connectivity index (χ4n) is 4.08. The summed E-state index contributed by atoms with van der Waals surface area (Å²) in [7, 11) is -4.02. The van der Waals surface area contributed by atoms with Crippen LogP contribution < -0.4 is 9.70 Å². The Balaban J connectivity index is 1.41. The Morgan fingerprint density at radius 1 is 1.06 bits per heavy atom. The molecule has 0 aliphatic carbocycles. The summed E-state index contributed by atoms with van der Waals surface area (Å²) >= 11 is 1.07. The lowest BCUT2D eigenvalue weighted by Gasteiger charge is -2.36. The number of non-ortho nitro benzene ring substituents is 1. The average Bonchev–Trinajstić information content (AvgIpc) is 3.19. The molecule has 2 heterocycles. The molecule has 0 bridgehead atoms. The highest BCUT2D eigenvalue weighted by atomic mass is 32.2. The first-order chi connectivity index (χ1) is 17.2. The van der Waals surface area contributed by atoms with Gasteiger partial charge in [0.05, 0.1) is 15.1 Å². The first kappa shape index (κ1) is 25.5. The van der Waals surface area contributed by atoms with Crippen LogP contribution in [-0.2, 0) is 26.0 Å². The first-order valence-electron chi connectivity index (χ1n) is 11.3. The molecule has 2 aromatic carbocycles. The van der Waals surface area contributed by atoms with E-state index < -0.39 is 38.1 Å². The van der Waals surface area contributed by atoms with Gasteiger partial charge in [-0.3, -0.25) is 19.7 Å². The number of aromatic nitrogens is 1. The third-order valence-corrected chi connectivity index (χ3v) is 8.27. The third-order valence-electron chi connectivity index (χ3n) is 5.85. The van der Waals surface area contributed by atoms with Crippen molar-refractivity contribution in [2.75, 3.05) is 42.6 Å². The number of para-hydroxylation sites is 1. The molecule has 1 fully saturated rings. The van der Waals surface area contributed by atoms with Crippen molar-refractivity contribution < 1.29 is 22.9 Å². The normalized spacial score (nSPS) is 14.9. The van der Waals surface area contributed by atoms with E-state index in [1.807, 2.05) is 37.3 Å². The van der Waals surface area contributed by atoms with Gasteiger partial charge in [0.1, 0.15) is 11.5 Å². The van der Waals surface area contributed by atoms with Crippen LogP contribution in [0.3, 0.4) is 0 Å². The molecule has 1 aliphatic heterocycles. The maximum Gasteiger partial charge on any atom is 0.270 e. The summed E-state index contributed by atoms with van der Waals surface area (Å²) in [5, 5.41) is 11.0. The number of amides is 2. The molecule has 0 saturated carbocycles. The minimum atomic E-state index is -4.02. The number of carbonyl (C=O) groups is 2. The van der Waals surface area contributed by atoms with Crippen LogP contribution in [0.25, 0.3) is 10.2 Å². The van der Waals surface area contributed by atoms with Gasteiger partial charge in [-0.1, -0.05) is 29.5 Å². The second-order valence-corrected chi connectivity index (χ2v) is 11.4. The van der Waals surface area contributed by atoms with Crippen LogP contribution in [0.4, 0.5) is 11.4 Å². The quantitative estimate of drug-likeness (QED) is 0.335. The summed E-state index contributed by atoms with van der Waals surface area (Å²) in [6.45, 7) is 4.22. The molecular weight excluding hydrogens is 506 g/mol. The number of thiazole rings is 1. The predicted molar refractivity (Wildman–Crippen MR) is 137 cm³/mol. The van der Waals surface area contributed by atoms with Gasteiger partial charge >= 0.3 is 0 Å². The number of fused-ring (bicyclic) bond motifs is 1. The smallest absolute Gasteiger partial charge is 0.270 e. The zero-order valence-corrected chi connectivity index (χ0v) is 21.2. The molecule has 36 heavy (non-hydrogen) atoms. The van der Waals surface area contributed by atoms with Crippen molar-refractivity contribution >= 4 is 54.6 Å². The number of hydrogen-bond acceptors (Lipinski definition) is 8. The van der Waals surface area contributed by atoms with Gasteiger partial charge in [-0.25, -0.2) is 8.42 Å². The van der Waals surface area contributed by atoms with Crippen LogP contribution in [0.5, 0.6) is 0 Å². The van der Waals surface area contributed by atoms with Gasteiger partial charge in [0.15, 0.2) is 14.6 Å². The molecule has 0 N–H and O–H groups in total. The highest BCUT2D eigenvalue weighted by Gasteiger charge is 2.27. The molecule has 1 aromatic heterocycles. The van der Waals surface area contributed by atoms with Crippen LogP contribution in [0.1, 0.15) is 6.92 Å². The van der Waals surface area contributed by atoms with Gasteiger partial charge in [-0.05, 0) is 25.1 Å². The minimum Gasteiger partial charge on any atom is -0.368 e. The number of aryl methyl sites for hydroxylation is 1. The molecule has 11 nitrogen and oxygen atoms in total. The van der Waals surface area contributed by atoms with E-state index in [4.69, 9.17) is 0 Å². The topological polar surface area (TPSA) is 135 Å². The van der Waals surface area contributed by atoms with Crippen molar-refractivity contribution in [3.63, 3.8) is 0 Å². The van der Waals surface area contributed by atoms with Crippen molar-refractivity contribution in [1.82, 2.24) is 9.47 Å². The van der Waals surface area contributed by atoms with Crippen molar-refractivity contribution in [2.24, 2.45) is 4.99 Å². The standard InChI is InChI=1S/C23H25N5O6S2/c1-2-27-19-9-8-18(28(31)32)14-20(19)35-23(27)24-21(29)15-36(33,34)16-22(30)26-12-10-25(11-13-26)17-6-4-3-5-7-17/h3-9,14H,2,10-13,15-16H2,1H3. The fourth-order valence-corrected chi connectivity index (χ4v) is 6.32. The molecule has 0 spiro atoms. The van der Waals surface area contributed by atoms with Crippen molar-refractivity contribution in [1.29, 1.82) is 0 Å². The Bertz CT molecular complexity index is 1470. The molecular formula is C23H25N5O6S2. The SMILES string of the molecule is CCn1c(=NC(=O)CS(=O)(=O)CC(=O)N2CCN(c3ccccc3)CC2)sc2cc([N+](=O)[O-])ccc21. The van der Waals surface area contributed by atoms with E-state index >= 15 is 0 Å². The van der Waals surface area contributed by atoms with Crippen LogP contribution in [0.15, 0.2) is 53.5 Å². The number of anilines is 1. The van der Waals surface area contributed by atoms with E-state index in [-0.39, 0.29) is 10.5 Å². The number of sulfone groups is 1. The Labute approximate surface area is 211 Å². The molecule has 4 rings (SSSR count). The van der Waals surface area contributed by atoms with Gasteiger partial charge in [0.2, 0.25) is 5.91 Å². The van der Waals surface area contributed by atoms with Gasteiger partial charge in [0, 0.05) is 50.5 Å². The summed E-state index contributed by atoms with van der Waals surface area (Å²) in [5.41, 5.74) is 1.62. The monoisotopic (exact) mass is 531 g/mol. The Morgan fingerprint density at radius 2 is 1.75 bits per heavy atom. The molecule has 0 atom stereocenters. The first-order valence-corrected chi connectivity index (χ1v) is 13.9. The lowest BCUT2D eigenvalue weighted by atomic mass is 10.2. The van der Waals surface area contributed by atoms with Crippen LogP contribution in [0, 0.1) is 10.1 Å². The number of benzene rings is 2. The average molecular weight is 532 g/mol. The number of rotatable bonds is 7. The highest BCUT2D eigenvalue weighted by Crippen LogP contribution is 2.23. The van der Waals surface area contributed by atoms with E-state index in [0.29, 0.717) is 42.9 Å². The number of nitro benzene ring substituents is 1. The van der Waals surface area contributed by atoms with E-state index in [1.54, 1.807) is 10.6 Å². The molecule has 3 aromatic rings. The zero-order valence-electron chi connectivity index (χ0n) is 19.6. The van der Waals surface area contributed by atoms with E-state index in [2.05, 4.69) is 9.89 Å². The van der Waals surface area contributed by atoms with E-state index in [0.717, 1.165) is 17.0 Å². The minimum absolute atomic E-state index is 0.0874. The Kier molecular flexibility index (Phi) is 7.50. The second kappa shape index (κ2) is 10.6. The third kappa shape index (κ3) is 5.79. The summed E-state index contributed by atoms with van der Waals surface area (Å²) in [6, 6.07) is 14.1. The number of nitrogens with zero attached hydrogens (tertiary/aromatic N) is 5. The molecule has 1 aliphatic rings. The Morgan fingerprint density at radius 3 is 2.39 bits per heavy atom. The fraction of sp³-hybridized carbons (Fsp3) is 0.348. The summed E-state index contributed by atoms with van der Waals surface area (Å²) in [5.74, 6) is -3.07. The van der Waals surface area contributed by atoms with Gasteiger partial charge < -0.3 is 14.4 Å². The lowest BCUT2D eigenvalue weighted by Crippen LogP contribution is -2.50. The lowest BCUT2D eigenvalue weighted by molar-refractivity contribution is -0.384. The van der Waals surface area contributed by atoms with Crippen molar-refractivity contribution in [3.8, 4) is 0 Å². The summed E-state index contributed by atoms with van der Waals surface area (Å²) in [4.78, 5) is 43.5. The number of nitro groups is 1. The highest BCUT2D eigenvalue weighted by molar-refractivity contribution is 7.92. The maximum atomic E-state index is 12.6. The number of piperazine rings is 1. The van der Waals surface area contributed by atoms with Gasteiger partial charge in [0.25, 0.3) is 11.6 Å². The van der Waals surface area contributed by atoms with Gasteiger partial charge in [-0.15, -0.1) is 0 Å². The van der Waals surface area contributed by atoms with Crippen LogP contribution in [-0.4, -0.2) is 72.3 Å². The predicted octanol–water partition coefficient (Wildman–Crippen LogP) is 1.82. The number of hydrogen-bond donors (Lipinski definition) is 0. The van der Waals surface area contributed by atoms with E-state index in [9.17, 15) is 28.1 Å². The zero-order chi connectivity index (χ0) is 25.9. The molecule has 2 amide bonds. The molecule has 0 radical (unpaired) electrons. The molecule has 190 valence electrons. The molecule has 13 heteroatoms. The van der Waals surface area contributed by atoms with Gasteiger partial charge in [-0.2, -0.15) is 4.99 Å². The largest absolute Gasteiger partial charge is 0.368 e. The second-order valence-electron chi connectivity index (χ2n) is 8.28. The van der Waals surface area contributed by atoms with Crippen LogP contribution >= 0.6 is 11.3 Å². The van der Waals surface area contributed by atoms with Crippen molar-refractivity contribution in [3.05, 3.63) is 63.4 Å². The Hall–Kier alpha value is -3.58. The molecule has 0 unspecified atom stereocenters. The maximum absolute atomic E-state index is 12.6. The van der Waals surface area contributed by atoms with Crippen molar-refractivity contribution in [2.45, 2.75) is 13.5 Å². The number of carbonyl (C=O) groups excluding carboxylic acids is 2. The summed E-state index contributed by atoms with van der Waals surface area (Å²) < 4.78 is 27.4. The molecule has 1 saturated heterocycles. The van der Waals surface area contributed by atoms with E-state index in [1.165, 1.54) is 17.0 Å².